The van der Waals surface area contributed by atoms with Gasteiger partial charge in [-0.3, -0.25) is 27.3 Å². The molecule has 103 heavy (non-hydrogen) atoms. The molecule has 0 spiro atoms. The van der Waals surface area contributed by atoms with Gasteiger partial charge in [-0.15, -0.1) is 0 Å². The normalized spacial score (nSPS) is 13.2. The molecular formula is C74H74AlN4O18S6+2. The highest BCUT2D eigenvalue weighted by molar-refractivity contribution is 7.87. The zero-order valence-electron chi connectivity index (χ0n) is 56.1. The third-order valence-corrected chi connectivity index (χ3v) is 22.0. The van der Waals surface area contributed by atoms with Crippen LogP contribution in [-0.2, 0) is 86.9 Å². The van der Waals surface area contributed by atoms with E-state index in [1.807, 2.05) is 144 Å². The molecule has 8 aromatic carbocycles. The monoisotopic (exact) mass is 1530 g/mol. The predicted octanol–water partition coefficient (Wildman–Crippen LogP) is 11.7. The minimum Gasteiger partial charge on any atom is -0.367 e. The van der Waals surface area contributed by atoms with Gasteiger partial charge in [0.15, 0.2) is 24.5 Å². The van der Waals surface area contributed by atoms with E-state index in [9.17, 15) is 77.8 Å². The average Bonchev–Trinajstić information content (AvgIpc) is 0.781. The van der Waals surface area contributed by atoms with Crippen LogP contribution in [0.15, 0.2) is 283 Å². The Bertz CT molecular complexity index is 5140. The van der Waals surface area contributed by atoms with Crippen molar-refractivity contribution in [3.8, 4) is 0 Å². The molecule has 0 unspecified atom stereocenters. The van der Waals surface area contributed by atoms with Crippen molar-refractivity contribution < 1.29 is 87.0 Å². The van der Waals surface area contributed by atoms with Crippen molar-refractivity contribution in [3.63, 3.8) is 0 Å². The average molecular weight is 1530 g/mol. The Hall–Kier alpha value is -8.87. The highest BCUT2D eigenvalue weighted by Crippen LogP contribution is 2.37. The van der Waals surface area contributed by atoms with Crippen LogP contribution in [0.3, 0.4) is 0 Å². The molecule has 535 valence electrons. The Morgan fingerprint density at radius 1 is 0.330 bits per heavy atom. The summed E-state index contributed by atoms with van der Waals surface area (Å²) >= 11 is 0. The van der Waals surface area contributed by atoms with E-state index in [1.54, 1.807) is 72.8 Å². The minimum atomic E-state index is -4.60. The first-order valence-electron chi connectivity index (χ1n) is 31.7. The highest BCUT2D eigenvalue weighted by atomic mass is 32.2. The first kappa shape index (κ1) is 79.8. The van der Waals surface area contributed by atoms with Gasteiger partial charge in [-0.05, 0) is 181 Å². The van der Waals surface area contributed by atoms with Gasteiger partial charge in [-0.1, -0.05) is 109 Å². The van der Waals surface area contributed by atoms with E-state index < -0.39 is 60.7 Å². The molecule has 6 N–H and O–H groups in total. The van der Waals surface area contributed by atoms with Gasteiger partial charge in [0.05, 0.1) is 19.6 Å². The number of hydrogen-bond donors (Lipinski definition) is 6. The van der Waals surface area contributed by atoms with E-state index >= 15 is 0 Å². The molecule has 2 aliphatic carbocycles. The van der Waals surface area contributed by atoms with Gasteiger partial charge in [-0.25, -0.2) is 9.15 Å². The summed E-state index contributed by atoms with van der Waals surface area (Å²) in [5.41, 5.74) is 10.3. The summed E-state index contributed by atoms with van der Waals surface area (Å²) < 4.78 is 206. The van der Waals surface area contributed by atoms with E-state index in [4.69, 9.17) is 0 Å². The van der Waals surface area contributed by atoms with E-state index in [1.165, 1.54) is 72.8 Å². The quantitative estimate of drug-likeness (QED) is 0.0186. The lowest BCUT2D eigenvalue weighted by atomic mass is 9.90. The van der Waals surface area contributed by atoms with Crippen LogP contribution in [0.2, 0.25) is 0 Å². The molecule has 22 nitrogen and oxygen atoms in total. The Balaban J connectivity index is 0.000000259. The van der Waals surface area contributed by atoms with Crippen molar-refractivity contribution in [1.29, 1.82) is 0 Å². The van der Waals surface area contributed by atoms with Crippen LogP contribution in [0.1, 0.15) is 72.2 Å². The van der Waals surface area contributed by atoms with Crippen LogP contribution in [0.25, 0.3) is 11.1 Å². The fourth-order valence-corrected chi connectivity index (χ4v) is 15.3. The second-order valence-electron chi connectivity index (χ2n) is 23.4. The van der Waals surface area contributed by atoms with Crippen molar-refractivity contribution in [2.24, 2.45) is 0 Å². The Morgan fingerprint density at radius 3 is 0.883 bits per heavy atom. The number of benzene rings is 8. The SMILES string of the molecule is CCN(Cc1cccc(S(=O)(=O)O)c1)c1ccc(C(=C2C=CC(=[N+](CC)Cc3cccc(S(=O)(=O)O)c3)C=C2)c2ccccc2S(=O)(=O)O)cc1.CCN(Cc1cccc(S(=O)(=O)O)c1)c1ccc(C(=C2C=CC(=[N+](CC)Cc3cccc(S(=O)(=O)O)c3)C=C2)c2ccccc2S(=O)(=O)O)cc1.[Al]. The Labute approximate surface area is 612 Å². The molecule has 29 heteroatoms. The van der Waals surface area contributed by atoms with Crippen LogP contribution in [0, 0.1) is 0 Å². The Kier molecular flexibility index (Phi) is 26.1. The van der Waals surface area contributed by atoms with Gasteiger partial charge in [0, 0.05) is 101 Å². The number of anilines is 2. The van der Waals surface area contributed by atoms with Gasteiger partial charge in [0.2, 0.25) is 0 Å². The van der Waals surface area contributed by atoms with Gasteiger partial charge in [-0.2, -0.15) is 50.5 Å². The summed E-state index contributed by atoms with van der Waals surface area (Å²) in [6.07, 6.45) is 14.9. The first-order valence-corrected chi connectivity index (χ1v) is 40.4. The molecule has 0 aliphatic heterocycles. The van der Waals surface area contributed by atoms with Crippen LogP contribution in [0.4, 0.5) is 11.4 Å². The van der Waals surface area contributed by atoms with Crippen LogP contribution in [-0.4, -0.2) is 142 Å². The largest absolute Gasteiger partial charge is 0.367 e. The summed E-state index contributed by atoms with van der Waals surface area (Å²) in [5.74, 6) is 0. The minimum absolute atomic E-state index is 0. The van der Waals surface area contributed by atoms with Crippen molar-refractivity contribution in [3.05, 3.63) is 298 Å². The number of rotatable bonds is 24. The molecule has 0 aromatic heterocycles. The second kappa shape index (κ2) is 33.7. The zero-order valence-corrected chi connectivity index (χ0v) is 62.2. The summed E-state index contributed by atoms with van der Waals surface area (Å²) in [5, 5.41) is 0. The van der Waals surface area contributed by atoms with Gasteiger partial charge < -0.3 is 9.80 Å². The fourth-order valence-electron chi connectivity index (χ4n) is 11.7. The van der Waals surface area contributed by atoms with E-state index in [2.05, 4.69) is 0 Å². The van der Waals surface area contributed by atoms with E-state index in [0.29, 0.717) is 119 Å². The molecule has 8 aromatic rings. The van der Waals surface area contributed by atoms with Crippen LogP contribution < -0.4 is 9.80 Å². The van der Waals surface area contributed by atoms with Crippen molar-refractivity contribution >= 4 is 112 Å². The summed E-state index contributed by atoms with van der Waals surface area (Å²) in [6, 6.07) is 51.5. The third kappa shape index (κ3) is 20.7. The lowest BCUT2D eigenvalue weighted by molar-refractivity contribution is -0.539. The van der Waals surface area contributed by atoms with Crippen molar-refractivity contribution in [2.75, 3.05) is 36.0 Å². The molecule has 0 atom stereocenters. The van der Waals surface area contributed by atoms with Crippen LogP contribution >= 0.6 is 0 Å². The van der Waals surface area contributed by atoms with E-state index in [-0.39, 0.29) is 46.7 Å². The molecular weight excluding hydrogens is 1450 g/mol. The topological polar surface area (TPSA) is 339 Å². The molecule has 0 saturated heterocycles. The molecule has 3 radical (unpaired) electrons. The predicted molar refractivity (Wildman–Crippen MR) is 397 cm³/mol. The third-order valence-electron chi connectivity index (χ3n) is 16.8. The fraction of sp³-hybridized carbons (Fsp3) is 0.162. The summed E-state index contributed by atoms with van der Waals surface area (Å²) in [7, 11) is -26.6. The molecule has 10 rings (SSSR count). The van der Waals surface area contributed by atoms with Gasteiger partial charge >= 0.3 is 0 Å². The molecule has 0 bridgehead atoms. The first-order chi connectivity index (χ1) is 48.2. The molecule has 0 amide bonds. The number of hydrogen-bond acceptors (Lipinski definition) is 14. The van der Waals surface area contributed by atoms with Crippen molar-refractivity contribution in [1.82, 2.24) is 0 Å². The molecule has 2 aliphatic rings. The summed E-state index contributed by atoms with van der Waals surface area (Å²) in [6.45, 7) is 11.5. The highest BCUT2D eigenvalue weighted by Gasteiger charge is 2.26. The number of allylic oxidation sites excluding steroid dienone is 10. The second-order valence-corrected chi connectivity index (χ2v) is 31.9. The van der Waals surface area contributed by atoms with E-state index in [0.717, 1.165) is 22.8 Å². The molecule has 0 fully saturated rings. The lowest BCUT2D eigenvalue weighted by Crippen LogP contribution is -2.22. The Morgan fingerprint density at radius 2 is 0.612 bits per heavy atom. The standard InChI is InChI=1S/2C37H36N2O9S3.Al/c2*1-3-38(25-27-9-7-11-33(23-27)49(40,41)42)31-19-15-29(16-20-31)37(35-13-5-6-14-36(35)51(46,47)48)30-17-21-32(22-18-30)39(4-2)26-28-10-8-12-34(24-28)50(43,44)45;/h2*5-24H,3-4,25-26H2,1-2H3,(H2-,40,41,42,43,44,45,46,47,48);/p+2. The lowest BCUT2D eigenvalue weighted by Gasteiger charge is -2.24. The summed E-state index contributed by atoms with van der Waals surface area (Å²) in [4.78, 5) is 2.75. The van der Waals surface area contributed by atoms with Gasteiger partial charge in [0.1, 0.15) is 22.9 Å². The maximum absolute atomic E-state index is 12.5. The zero-order chi connectivity index (χ0) is 74.0. The maximum Gasteiger partial charge on any atom is 0.295 e. The number of nitrogens with zero attached hydrogens (tertiary/aromatic N) is 4. The molecule has 0 heterocycles. The maximum atomic E-state index is 12.5. The smallest absolute Gasteiger partial charge is 0.295 e. The van der Waals surface area contributed by atoms with Crippen molar-refractivity contribution in [2.45, 2.75) is 83.2 Å². The van der Waals surface area contributed by atoms with Crippen LogP contribution in [0.5, 0.6) is 0 Å². The van der Waals surface area contributed by atoms with Gasteiger partial charge in [0.25, 0.3) is 60.7 Å². The molecule has 0 saturated carbocycles.